The Bertz CT molecular complexity index is 1480. The molecule has 4 heterocycles. The zero-order valence-electron chi connectivity index (χ0n) is 19.5. The standard InChI is InChI=1S/C23H21F2N7O3S/c1-22(2,3)13-4-6-14(7-5-13)31-19-15(10-26-31)18(28-21(29-19)30-11-23(24,25)12-30)27-20(33)16-8-9-17(36-16)32(34)35/h4-10H,11-12H2,1-3H3,(H,27,28,29,33). The average molecular weight is 514 g/mol. The van der Waals surface area contributed by atoms with Crippen molar-refractivity contribution < 1.29 is 18.5 Å². The first-order valence-corrected chi connectivity index (χ1v) is 11.8. The van der Waals surface area contributed by atoms with Gasteiger partial charge in [0, 0.05) is 6.07 Å². The van der Waals surface area contributed by atoms with Gasteiger partial charge in [0.1, 0.15) is 5.82 Å². The number of thiophene rings is 1. The van der Waals surface area contributed by atoms with Gasteiger partial charge >= 0.3 is 5.00 Å². The maximum Gasteiger partial charge on any atom is 0.324 e. The van der Waals surface area contributed by atoms with Crippen molar-refractivity contribution in [2.45, 2.75) is 32.1 Å². The van der Waals surface area contributed by atoms with Crippen molar-refractivity contribution in [3.05, 3.63) is 63.1 Å². The lowest BCUT2D eigenvalue weighted by molar-refractivity contribution is -0.380. The van der Waals surface area contributed by atoms with Crippen LogP contribution in [-0.2, 0) is 5.41 Å². The molecule has 0 unspecified atom stereocenters. The van der Waals surface area contributed by atoms with E-state index in [4.69, 9.17) is 0 Å². The van der Waals surface area contributed by atoms with Gasteiger partial charge in [-0.25, -0.2) is 13.5 Å². The van der Waals surface area contributed by atoms with Gasteiger partial charge in [-0.2, -0.15) is 15.1 Å². The Balaban J connectivity index is 1.55. The number of benzene rings is 1. The fourth-order valence-electron chi connectivity index (χ4n) is 3.80. The zero-order valence-corrected chi connectivity index (χ0v) is 20.3. The predicted octanol–water partition coefficient (Wildman–Crippen LogP) is 4.79. The van der Waals surface area contributed by atoms with E-state index < -0.39 is 29.8 Å². The third-order valence-corrected chi connectivity index (χ3v) is 6.78. The van der Waals surface area contributed by atoms with E-state index in [-0.39, 0.29) is 27.1 Å². The minimum Gasteiger partial charge on any atom is -0.328 e. The van der Waals surface area contributed by atoms with Gasteiger partial charge in [-0.05, 0) is 29.2 Å². The number of aromatic nitrogens is 4. The van der Waals surface area contributed by atoms with Crippen molar-refractivity contribution in [2.24, 2.45) is 0 Å². The van der Waals surface area contributed by atoms with Gasteiger partial charge in [0.15, 0.2) is 5.65 Å². The highest BCUT2D eigenvalue weighted by molar-refractivity contribution is 7.17. The summed E-state index contributed by atoms with van der Waals surface area (Å²) >= 11 is 0.720. The number of nitro groups is 1. The smallest absolute Gasteiger partial charge is 0.324 e. The van der Waals surface area contributed by atoms with Crippen LogP contribution < -0.4 is 10.2 Å². The SMILES string of the molecule is CC(C)(C)c1ccc(-n2ncc3c(NC(=O)c4ccc([N+](=O)[O-])s4)nc(N4CC(F)(F)C4)nc32)cc1. The van der Waals surface area contributed by atoms with Crippen LogP contribution in [0.3, 0.4) is 0 Å². The molecule has 0 radical (unpaired) electrons. The van der Waals surface area contributed by atoms with E-state index in [9.17, 15) is 23.7 Å². The van der Waals surface area contributed by atoms with Crippen LogP contribution in [0.5, 0.6) is 0 Å². The second-order valence-corrected chi connectivity index (χ2v) is 10.6. The van der Waals surface area contributed by atoms with Crippen molar-refractivity contribution in [3.8, 4) is 5.69 Å². The van der Waals surface area contributed by atoms with E-state index in [1.165, 1.54) is 23.2 Å². The molecule has 1 aliphatic rings. The lowest BCUT2D eigenvalue weighted by atomic mass is 9.87. The number of fused-ring (bicyclic) bond motifs is 1. The molecule has 1 aliphatic heterocycles. The molecule has 186 valence electrons. The average Bonchev–Trinajstić information content (AvgIpc) is 3.45. The highest BCUT2D eigenvalue weighted by Crippen LogP contribution is 2.33. The number of anilines is 2. The van der Waals surface area contributed by atoms with Gasteiger partial charge in [0.25, 0.3) is 11.8 Å². The molecule has 13 heteroatoms. The Morgan fingerprint density at radius 2 is 1.83 bits per heavy atom. The number of hydrogen-bond acceptors (Lipinski definition) is 8. The van der Waals surface area contributed by atoms with Gasteiger partial charge in [0.05, 0.1) is 40.2 Å². The van der Waals surface area contributed by atoms with E-state index >= 15 is 0 Å². The van der Waals surface area contributed by atoms with Crippen molar-refractivity contribution >= 4 is 45.0 Å². The molecule has 4 aromatic rings. The fourth-order valence-corrected chi connectivity index (χ4v) is 4.51. The summed E-state index contributed by atoms with van der Waals surface area (Å²) in [5.41, 5.74) is 2.10. The summed E-state index contributed by atoms with van der Waals surface area (Å²) < 4.78 is 28.7. The molecule has 3 aromatic heterocycles. The maximum absolute atomic E-state index is 13.6. The summed E-state index contributed by atoms with van der Waals surface area (Å²) in [6.45, 7) is 5.22. The van der Waals surface area contributed by atoms with Crippen molar-refractivity contribution in [1.29, 1.82) is 0 Å². The van der Waals surface area contributed by atoms with Crippen LogP contribution >= 0.6 is 11.3 Å². The van der Waals surface area contributed by atoms with E-state index in [2.05, 4.69) is 41.2 Å². The molecule has 0 spiro atoms. The number of nitrogens with zero attached hydrogens (tertiary/aromatic N) is 6. The number of rotatable bonds is 5. The normalized spacial score (nSPS) is 15.1. The summed E-state index contributed by atoms with van der Waals surface area (Å²) in [6.07, 6.45) is 1.48. The number of nitrogens with one attached hydrogen (secondary N) is 1. The number of carbonyl (C=O) groups is 1. The van der Waals surface area contributed by atoms with E-state index in [1.807, 2.05) is 24.3 Å². The van der Waals surface area contributed by atoms with Crippen LogP contribution in [0, 0.1) is 10.1 Å². The molecule has 0 atom stereocenters. The van der Waals surface area contributed by atoms with Crippen LogP contribution in [0.2, 0.25) is 0 Å². The number of alkyl halides is 2. The highest BCUT2D eigenvalue weighted by Gasteiger charge is 2.45. The Labute approximate surface area is 207 Å². The van der Waals surface area contributed by atoms with Crippen LogP contribution in [0.1, 0.15) is 36.0 Å². The molecule has 1 N–H and O–H groups in total. The van der Waals surface area contributed by atoms with Crippen molar-refractivity contribution in [3.63, 3.8) is 0 Å². The lowest BCUT2D eigenvalue weighted by Gasteiger charge is -2.38. The molecule has 1 aromatic carbocycles. The highest BCUT2D eigenvalue weighted by atomic mass is 32.1. The molecule has 5 rings (SSSR count). The maximum atomic E-state index is 13.6. The third kappa shape index (κ3) is 4.37. The zero-order chi connectivity index (χ0) is 25.8. The third-order valence-electron chi connectivity index (χ3n) is 5.75. The Hall–Kier alpha value is -4.00. The van der Waals surface area contributed by atoms with Crippen LogP contribution in [0.4, 0.5) is 25.5 Å². The molecule has 1 amide bonds. The monoisotopic (exact) mass is 513 g/mol. The first-order chi connectivity index (χ1) is 16.9. The largest absolute Gasteiger partial charge is 0.328 e. The second-order valence-electron chi connectivity index (χ2n) is 9.52. The summed E-state index contributed by atoms with van der Waals surface area (Å²) in [5, 5.41) is 18.2. The molecular formula is C23H21F2N7O3S. The lowest BCUT2D eigenvalue weighted by Crippen LogP contribution is -2.57. The van der Waals surface area contributed by atoms with Gasteiger partial charge in [-0.1, -0.05) is 44.2 Å². The van der Waals surface area contributed by atoms with E-state index in [1.54, 1.807) is 4.68 Å². The molecule has 36 heavy (non-hydrogen) atoms. The van der Waals surface area contributed by atoms with E-state index in [0.29, 0.717) is 16.7 Å². The number of amides is 1. The first kappa shape index (κ1) is 23.7. The summed E-state index contributed by atoms with van der Waals surface area (Å²) in [6, 6.07) is 10.3. The van der Waals surface area contributed by atoms with Gasteiger partial charge in [0.2, 0.25) is 5.95 Å². The Morgan fingerprint density at radius 1 is 1.14 bits per heavy atom. The molecule has 0 bridgehead atoms. The number of carbonyl (C=O) groups excluding carboxylic acids is 1. The minimum absolute atomic E-state index is 0.0222. The molecular weight excluding hydrogens is 492 g/mol. The van der Waals surface area contributed by atoms with Crippen LogP contribution in [-0.4, -0.2) is 49.6 Å². The molecule has 0 aliphatic carbocycles. The topological polar surface area (TPSA) is 119 Å². The van der Waals surface area contributed by atoms with Crippen molar-refractivity contribution in [1.82, 2.24) is 19.7 Å². The summed E-state index contributed by atoms with van der Waals surface area (Å²) in [7, 11) is 0. The number of hydrogen-bond donors (Lipinski definition) is 1. The first-order valence-electron chi connectivity index (χ1n) is 11.0. The Kier molecular flexibility index (Phi) is 5.47. The summed E-state index contributed by atoms with van der Waals surface area (Å²) in [5.74, 6) is -3.37. The quantitative estimate of drug-likeness (QED) is 0.301. The molecule has 10 nitrogen and oxygen atoms in total. The van der Waals surface area contributed by atoms with Gasteiger partial charge in [-0.3, -0.25) is 14.9 Å². The fraction of sp³-hybridized carbons (Fsp3) is 0.304. The van der Waals surface area contributed by atoms with Crippen LogP contribution in [0.25, 0.3) is 16.7 Å². The predicted molar refractivity (Wildman–Crippen MR) is 131 cm³/mol. The second kappa shape index (κ2) is 8.29. The van der Waals surface area contributed by atoms with E-state index in [0.717, 1.165) is 16.9 Å². The van der Waals surface area contributed by atoms with Gasteiger partial charge < -0.3 is 10.2 Å². The minimum atomic E-state index is -2.85. The Morgan fingerprint density at radius 3 is 2.42 bits per heavy atom. The molecule has 0 saturated carbocycles. The molecule has 1 fully saturated rings. The van der Waals surface area contributed by atoms with Gasteiger partial charge in [-0.15, -0.1) is 0 Å². The molecule has 1 saturated heterocycles. The van der Waals surface area contributed by atoms with Crippen LogP contribution in [0.15, 0.2) is 42.6 Å². The number of halogens is 2. The van der Waals surface area contributed by atoms with Crippen molar-refractivity contribution in [2.75, 3.05) is 23.3 Å². The summed E-state index contributed by atoms with van der Waals surface area (Å²) in [4.78, 5) is 33.4.